The second kappa shape index (κ2) is 8.50. The highest BCUT2D eigenvalue weighted by molar-refractivity contribution is 7.10. The van der Waals surface area contributed by atoms with Gasteiger partial charge >= 0.3 is 6.03 Å². The third-order valence-electron chi connectivity index (χ3n) is 5.09. The van der Waals surface area contributed by atoms with Crippen molar-refractivity contribution in [1.29, 1.82) is 0 Å². The first-order chi connectivity index (χ1) is 13.7. The molecule has 2 heterocycles. The van der Waals surface area contributed by atoms with Gasteiger partial charge in [0.25, 0.3) is 0 Å². The van der Waals surface area contributed by atoms with E-state index < -0.39 is 6.10 Å². The molecule has 0 unspecified atom stereocenters. The van der Waals surface area contributed by atoms with E-state index in [1.165, 1.54) is 11.5 Å². The minimum atomic E-state index is -0.483. The van der Waals surface area contributed by atoms with E-state index in [2.05, 4.69) is 14.7 Å². The van der Waals surface area contributed by atoms with Gasteiger partial charge in [-0.15, -0.1) is 0 Å². The maximum absolute atomic E-state index is 12.6. The summed E-state index contributed by atoms with van der Waals surface area (Å²) >= 11 is 1.18. The SMILES string of the molecule is O=C(Nc1nc(-c2ccccc2)ns1)N1CCC([C@H](O)c2ccccc2)CC1. The first-order valence-corrected chi connectivity index (χ1v) is 10.2. The van der Waals surface area contributed by atoms with Crippen molar-refractivity contribution in [2.75, 3.05) is 18.4 Å². The van der Waals surface area contributed by atoms with Crippen molar-refractivity contribution in [1.82, 2.24) is 14.3 Å². The van der Waals surface area contributed by atoms with Crippen LogP contribution in [0, 0.1) is 5.92 Å². The molecule has 3 aromatic rings. The van der Waals surface area contributed by atoms with E-state index in [4.69, 9.17) is 0 Å². The third kappa shape index (κ3) is 4.21. The molecule has 7 heteroatoms. The van der Waals surface area contributed by atoms with Crippen LogP contribution in [0.25, 0.3) is 11.4 Å². The molecule has 1 aliphatic heterocycles. The Morgan fingerprint density at radius 2 is 1.71 bits per heavy atom. The Morgan fingerprint density at radius 1 is 1.07 bits per heavy atom. The second-order valence-corrected chi connectivity index (χ2v) is 7.65. The third-order valence-corrected chi connectivity index (χ3v) is 5.72. The Hall–Kier alpha value is -2.77. The summed E-state index contributed by atoms with van der Waals surface area (Å²) in [4.78, 5) is 18.7. The number of piperidine rings is 1. The van der Waals surface area contributed by atoms with E-state index in [0.717, 1.165) is 24.0 Å². The van der Waals surface area contributed by atoms with Crippen molar-refractivity contribution in [3.8, 4) is 11.4 Å². The number of anilines is 1. The molecule has 1 aliphatic rings. The second-order valence-electron chi connectivity index (χ2n) is 6.90. The Kier molecular flexibility index (Phi) is 5.64. The van der Waals surface area contributed by atoms with Gasteiger partial charge in [0.05, 0.1) is 6.10 Å². The number of aromatic nitrogens is 2. The number of benzene rings is 2. The van der Waals surface area contributed by atoms with Gasteiger partial charge in [-0.3, -0.25) is 5.32 Å². The maximum Gasteiger partial charge on any atom is 0.323 e. The van der Waals surface area contributed by atoms with E-state index in [-0.39, 0.29) is 11.9 Å². The molecule has 144 valence electrons. The van der Waals surface area contributed by atoms with E-state index in [0.29, 0.717) is 24.0 Å². The van der Waals surface area contributed by atoms with Crippen LogP contribution in [-0.2, 0) is 0 Å². The Morgan fingerprint density at radius 3 is 2.39 bits per heavy atom. The first-order valence-electron chi connectivity index (χ1n) is 9.39. The standard InChI is InChI=1S/C21H22N4O2S/c26-18(15-7-3-1-4-8-15)16-11-13-25(14-12-16)21(27)23-20-22-19(24-28-20)17-9-5-2-6-10-17/h1-10,16,18,26H,11-14H2,(H,22,23,24,27)/t18-/m1/s1. The molecule has 0 radical (unpaired) electrons. The molecule has 0 aliphatic carbocycles. The normalized spacial score (nSPS) is 16.0. The molecule has 2 aromatic carbocycles. The number of rotatable bonds is 4. The van der Waals surface area contributed by atoms with Crippen LogP contribution in [-0.4, -0.2) is 38.5 Å². The van der Waals surface area contributed by atoms with Gasteiger partial charge < -0.3 is 10.0 Å². The van der Waals surface area contributed by atoms with Crippen LogP contribution in [0.4, 0.5) is 9.93 Å². The van der Waals surface area contributed by atoms with Gasteiger partial charge in [-0.2, -0.15) is 9.36 Å². The number of likely N-dealkylation sites (tertiary alicyclic amines) is 1. The van der Waals surface area contributed by atoms with Crippen molar-refractivity contribution in [2.45, 2.75) is 18.9 Å². The van der Waals surface area contributed by atoms with Crippen LogP contribution in [0.2, 0.25) is 0 Å². The van der Waals surface area contributed by atoms with Gasteiger partial charge in [0.2, 0.25) is 5.13 Å². The van der Waals surface area contributed by atoms with E-state index in [1.807, 2.05) is 60.7 Å². The molecule has 0 saturated carbocycles. The molecular weight excluding hydrogens is 372 g/mol. The molecule has 1 saturated heterocycles. The minimum absolute atomic E-state index is 0.164. The van der Waals surface area contributed by atoms with Gasteiger partial charge in [0.1, 0.15) is 0 Å². The highest BCUT2D eigenvalue weighted by atomic mass is 32.1. The van der Waals surface area contributed by atoms with Crippen LogP contribution >= 0.6 is 11.5 Å². The molecule has 2 N–H and O–H groups in total. The van der Waals surface area contributed by atoms with Crippen molar-refractivity contribution in [3.05, 3.63) is 66.2 Å². The van der Waals surface area contributed by atoms with Crippen LogP contribution < -0.4 is 5.32 Å². The largest absolute Gasteiger partial charge is 0.388 e. The fourth-order valence-electron chi connectivity index (χ4n) is 3.49. The summed E-state index contributed by atoms with van der Waals surface area (Å²) in [5.41, 5.74) is 1.86. The van der Waals surface area contributed by atoms with Crippen LogP contribution in [0.5, 0.6) is 0 Å². The molecule has 2 amide bonds. The Balaban J connectivity index is 1.32. The number of amides is 2. The number of nitrogens with zero attached hydrogens (tertiary/aromatic N) is 3. The number of hydrogen-bond donors (Lipinski definition) is 2. The zero-order valence-electron chi connectivity index (χ0n) is 15.4. The Labute approximate surface area is 168 Å². The molecule has 1 atom stereocenters. The van der Waals surface area contributed by atoms with E-state index in [9.17, 15) is 9.90 Å². The minimum Gasteiger partial charge on any atom is -0.388 e. The number of hydrogen-bond acceptors (Lipinski definition) is 5. The van der Waals surface area contributed by atoms with Gasteiger partial charge in [-0.1, -0.05) is 60.7 Å². The zero-order valence-corrected chi connectivity index (χ0v) is 16.2. The highest BCUT2D eigenvalue weighted by Gasteiger charge is 2.28. The summed E-state index contributed by atoms with van der Waals surface area (Å²) < 4.78 is 4.32. The summed E-state index contributed by atoms with van der Waals surface area (Å²) in [5.74, 6) is 0.781. The van der Waals surface area contributed by atoms with Gasteiger partial charge in [0, 0.05) is 30.2 Å². The number of urea groups is 1. The fourth-order valence-corrected chi connectivity index (χ4v) is 4.07. The van der Waals surface area contributed by atoms with Crippen LogP contribution in [0.3, 0.4) is 0 Å². The topological polar surface area (TPSA) is 78.4 Å². The lowest BCUT2D eigenvalue weighted by Crippen LogP contribution is -2.42. The molecular formula is C21H22N4O2S. The molecule has 28 heavy (non-hydrogen) atoms. The summed E-state index contributed by atoms with van der Waals surface area (Å²) in [6.45, 7) is 1.23. The number of carbonyl (C=O) groups excluding carboxylic acids is 1. The number of aliphatic hydroxyl groups is 1. The summed E-state index contributed by atoms with van der Waals surface area (Å²) in [7, 11) is 0. The molecule has 0 spiro atoms. The Bertz CT molecular complexity index is 908. The monoisotopic (exact) mass is 394 g/mol. The van der Waals surface area contributed by atoms with Crippen LogP contribution in [0.1, 0.15) is 24.5 Å². The zero-order chi connectivity index (χ0) is 19.3. The number of carbonyl (C=O) groups is 1. The first kappa shape index (κ1) is 18.6. The predicted octanol–water partition coefficient (Wildman–Crippen LogP) is 4.18. The van der Waals surface area contributed by atoms with E-state index >= 15 is 0 Å². The smallest absolute Gasteiger partial charge is 0.323 e. The lowest BCUT2D eigenvalue weighted by molar-refractivity contribution is 0.0683. The fraction of sp³-hybridized carbons (Fsp3) is 0.286. The van der Waals surface area contributed by atoms with E-state index in [1.54, 1.807) is 4.90 Å². The molecule has 1 aromatic heterocycles. The summed E-state index contributed by atoms with van der Waals surface area (Å²) in [6, 6.07) is 19.2. The summed E-state index contributed by atoms with van der Waals surface area (Å²) in [6.07, 6.45) is 1.06. The lowest BCUT2D eigenvalue weighted by atomic mass is 9.87. The van der Waals surface area contributed by atoms with Crippen molar-refractivity contribution >= 4 is 22.7 Å². The van der Waals surface area contributed by atoms with Gasteiger partial charge in [-0.25, -0.2) is 4.79 Å². The molecule has 1 fully saturated rings. The average Bonchev–Trinajstić information content (AvgIpc) is 3.23. The number of aliphatic hydroxyl groups excluding tert-OH is 1. The number of nitrogens with one attached hydrogen (secondary N) is 1. The van der Waals surface area contributed by atoms with Gasteiger partial charge in [0.15, 0.2) is 5.82 Å². The van der Waals surface area contributed by atoms with Crippen LogP contribution in [0.15, 0.2) is 60.7 Å². The molecule has 0 bridgehead atoms. The van der Waals surface area contributed by atoms with Crippen molar-refractivity contribution in [2.24, 2.45) is 5.92 Å². The average molecular weight is 395 g/mol. The van der Waals surface area contributed by atoms with Crippen molar-refractivity contribution < 1.29 is 9.90 Å². The lowest BCUT2D eigenvalue weighted by Gasteiger charge is -2.34. The highest BCUT2D eigenvalue weighted by Crippen LogP contribution is 2.31. The maximum atomic E-state index is 12.6. The molecule has 4 rings (SSSR count). The van der Waals surface area contributed by atoms with Crippen molar-refractivity contribution in [3.63, 3.8) is 0 Å². The molecule has 6 nitrogen and oxygen atoms in total. The quantitative estimate of drug-likeness (QED) is 0.696. The summed E-state index contributed by atoms with van der Waals surface area (Å²) in [5, 5.41) is 13.9. The van der Waals surface area contributed by atoms with Gasteiger partial charge in [-0.05, 0) is 24.3 Å². The predicted molar refractivity (Wildman–Crippen MR) is 110 cm³/mol.